The van der Waals surface area contributed by atoms with Gasteiger partial charge in [0.1, 0.15) is 0 Å². The Morgan fingerprint density at radius 1 is 1.06 bits per heavy atom. The van der Waals surface area contributed by atoms with Crippen molar-refractivity contribution in [1.29, 1.82) is 0 Å². The van der Waals surface area contributed by atoms with E-state index >= 15 is 0 Å². The van der Waals surface area contributed by atoms with Gasteiger partial charge in [0.25, 0.3) is 0 Å². The maximum absolute atomic E-state index is 4.10. The van der Waals surface area contributed by atoms with E-state index in [0.717, 1.165) is 16.7 Å². The minimum Gasteiger partial charge on any atom is -0.264 e. The van der Waals surface area contributed by atoms with Crippen LogP contribution in [0.3, 0.4) is 0 Å². The van der Waals surface area contributed by atoms with Gasteiger partial charge in [-0.15, -0.1) is 5.10 Å². The van der Waals surface area contributed by atoms with E-state index in [1.54, 1.807) is 12.4 Å². The lowest BCUT2D eigenvalue weighted by Crippen LogP contribution is -1.88. The number of H-pyrrole nitrogens is 1. The van der Waals surface area contributed by atoms with Crippen LogP contribution in [0, 0.1) is 6.07 Å². The summed E-state index contributed by atoms with van der Waals surface area (Å²) in [5.74, 6) is 0.612. The monoisotopic (exact) mass is 222 g/mol. The summed E-state index contributed by atoms with van der Waals surface area (Å²) >= 11 is 0. The fourth-order valence-corrected chi connectivity index (χ4v) is 1.67. The molecule has 17 heavy (non-hydrogen) atoms. The maximum Gasteiger partial charge on any atom is 0.181 e. The smallest absolute Gasteiger partial charge is 0.181 e. The van der Waals surface area contributed by atoms with Crippen LogP contribution in [0.1, 0.15) is 0 Å². The van der Waals surface area contributed by atoms with Crippen LogP contribution in [-0.4, -0.2) is 25.6 Å². The number of pyridine rings is 1. The van der Waals surface area contributed by atoms with E-state index in [2.05, 4.69) is 31.7 Å². The molecule has 3 aromatic rings. The topological polar surface area (TPSA) is 67.3 Å². The third-order valence-corrected chi connectivity index (χ3v) is 2.45. The molecule has 5 heteroatoms. The van der Waals surface area contributed by atoms with Crippen molar-refractivity contribution in [3.8, 4) is 22.5 Å². The van der Waals surface area contributed by atoms with Gasteiger partial charge in [0, 0.05) is 18.0 Å². The van der Waals surface area contributed by atoms with Crippen LogP contribution < -0.4 is 0 Å². The Morgan fingerprint density at radius 2 is 1.94 bits per heavy atom. The van der Waals surface area contributed by atoms with Crippen molar-refractivity contribution in [3.05, 3.63) is 48.8 Å². The van der Waals surface area contributed by atoms with Crippen LogP contribution in [0.25, 0.3) is 22.5 Å². The molecule has 2 aromatic heterocycles. The molecule has 0 aliphatic rings. The molecule has 0 saturated heterocycles. The van der Waals surface area contributed by atoms with Crippen molar-refractivity contribution in [2.24, 2.45) is 0 Å². The molecule has 3 rings (SSSR count). The first-order valence-corrected chi connectivity index (χ1v) is 5.10. The summed E-state index contributed by atoms with van der Waals surface area (Å²) in [6.45, 7) is 0. The van der Waals surface area contributed by atoms with Gasteiger partial charge in [0.05, 0.1) is 0 Å². The quantitative estimate of drug-likeness (QED) is 0.717. The van der Waals surface area contributed by atoms with Crippen molar-refractivity contribution >= 4 is 0 Å². The number of aromatic amines is 1. The standard InChI is InChI=1S/C12H8N5/c1-2-4-9(5-3-1)10-6-7-13-8-11(10)12-14-16-17-15-12/h2-8H,(H,14,15,16,17). The largest absolute Gasteiger partial charge is 0.264 e. The van der Waals surface area contributed by atoms with E-state index in [-0.39, 0.29) is 0 Å². The molecule has 0 spiro atoms. The van der Waals surface area contributed by atoms with Gasteiger partial charge in [-0.25, -0.2) is 5.10 Å². The Balaban J connectivity index is 2.18. The molecule has 0 aliphatic heterocycles. The number of hydrogen-bond donors (Lipinski definition) is 1. The highest BCUT2D eigenvalue weighted by Crippen LogP contribution is 2.28. The molecular weight excluding hydrogens is 214 g/mol. The molecule has 81 valence electrons. The van der Waals surface area contributed by atoms with Gasteiger partial charge >= 0.3 is 0 Å². The molecule has 5 nitrogen and oxygen atoms in total. The first-order chi connectivity index (χ1) is 8.45. The molecule has 0 amide bonds. The SMILES string of the molecule is [c]1ccc(-c2ccncc2-c2nnn[nH]2)cc1. The molecular formula is C12H8N5. The lowest BCUT2D eigenvalue weighted by atomic mass is 10.0. The zero-order valence-electron chi connectivity index (χ0n) is 8.83. The second kappa shape index (κ2) is 4.13. The maximum atomic E-state index is 4.10. The van der Waals surface area contributed by atoms with Crippen LogP contribution in [0.4, 0.5) is 0 Å². The lowest BCUT2D eigenvalue weighted by Gasteiger charge is -2.05. The van der Waals surface area contributed by atoms with E-state index in [1.807, 2.05) is 30.3 Å². The summed E-state index contributed by atoms with van der Waals surface area (Å²) in [6.07, 6.45) is 3.49. The molecule has 0 fully saturated rings. The molecule has 2 heterocycles. The third-order valence-electron chi connectivity index (χ3n) is 2.45. The van der Waals surface area contributed by atoms with Crippen molar-refractivity contribution in [3.63, 3.8) is 0 Å². The Kier molecular flexibility index (Phi) is 2.34. The van der Waals surface area contributed by atoms with Crippen molar-refractivity contribution in [1.82, 2.24) is 25.6 Å². The Bertz CT molecular complexity index is 604. The molecule has 0 unspecified atom stereocenters. The first-order valence-electron chi connectivity index (χ1n) is 5.10. The molecule has 1 radical (unpaired) electrons. The van der Waals surface area contributed by atoms with Gasteiger partial charge in [-0.2, -0.15) is 0 Å². The highest BCUT2D eigenvalue weighted by molar-refractivity contribution is 5.79. The van der Waals surface area contributed by atoms with Crippen LogP contribution >= 0.6 is 0 Å². The zero-order valence-corrected chi connectivity index (χ0v) is 8.83. The summed E-state index contributed by atoms with van der Waals surface area (Å²) in [4.78, 5) is 4.10. The lowest BCUT2D eigenvalue weighted by molar-refractivity contribution is 0.881. The summed E-state index contributed by atoms with van der Waals surface area (Å²) in [5.41, 5.74) is 2.99. The Labute approximate surface area is 97.5 Å². The summed E-state index contributed by atoms with van der Waals surface area (Å²) in [5, 5.41) is 13.8. The Morgan fingerprint density at radius 3 is 2.71 bits per heavy atom. The van der Waals surface area contributed by atoms with E-state index in [4.69, 9.17) is 0 Å². The minimum absolute atomic E-state index is 0.612. The van der Waals surface area contributed by atoms with Gasteiger partial charge in [0.15, 0.2) is 5.82 Å². The van der Waals surface area contributed by atoms with Crippen molar-refractivity contribution < 1.29 is 0 Å². The number of rotatable bonds is 2. The number of benzene rings is 1. The predicted octanol–water partition coefficient (Wildman–Crippen LogP) is 1.73. The predicted molar refractivity (Wildman–Crippen MR) is 61.7 cm³/mol. The van der Waals surface area contributed by atoms with Gasteiger partial charge in [-0.1, -0.05) is 24.3 Å². The van der Waals surface area contributed by atoms with Gasteiger partial charge in [0.2, 0.25) is 0 Å². The van der Waals surface area contributed by atoms with Crippen LogP contribution in [0.2, 0.25) is 0 Å². The van der Waals surface area contributed by atoms with E-state index in [0.29, 0.717) is 5.82 Å². The second-order valence-electron chi connectivity index (χ2n) is 3.46. The average molecular weight is 222 g/mol. The fraction of sp³-hybridized carbons (Fsp3) is 0. The molecule has 1 aromatic carbocycles. The van der Waals surface area contributed by atoms with Gasteiger partial charge < -0.3 is 0 Å². The summed E-state index contributed by atoms with van der Waals surface area (Å²) in [7, 11) is 0. The average Bonchev–Trinajstić information content (AvgIpc) is 2.94. The minimum atomic E-state index is 0.612. The van der Waals surface area contributed by atoms with Crippen molar-refractivity contribution in [2.45, 2.75) is 0 Å². The Hall–Kier alpha value is -2.56. The number of aromatic nitrogens is 5. The van der Waals surface area contributed by atoms with Crippen LogP contribution in [-0.2, 0) is 0 Å². The summed E-state index contributed by atoms with van der Waals surface area (Å²) in [6, 6.07) is 12.7. The highest BCUT2D eigenvalue weighted by atomic mass is 15.5. The fourth-order valence-electron chi connectivity index (χ4n) is 1.67. The normalized spacial score (nSPS) is 10.4. The van der Waals surface area contributed by atoms with Crippen LogP contribution in [0.5, 0.6) is 0 Å². The second-order valence-corrected chi connectivity index (χ2v) is 3.46. The van der Waals surface area contributed by atoms with E-state index < -0.39 is 0 Å². The molecule has 1 N–H and O–H groups in total. The van der Waals surface area contributed by atoms with Gasteiger partial charge in [-0.05, 0) is 33.7 Å². The van der Waals surface area contributed by atoms with Crippen molar-refractivity contribution in [2.75, 3.05) is 0 Å². The summed E-state index contributed by atoms with van der Waals surface area (Å²) < 4.78 is 0. The number of tetrazole rings is 1. The third kappa shape index (κ3) is 1.78. The van der Waals surface area contributed by atoms with E-state index in [1.165, 1.54) is 0 Å². The molecule has 0 bridgehead atoms. The van der Waals surface area contributed by atoms with Gasteiger partial charge in [-0.3, -0.25) is 4.98 Å². The van der Waals surface area contributed by atoms with Crippen LogP contribution in [0.15, 0.2) is 42.7 Å². The molecule has 0 saturated carbocycles. The van der Waals surface area contributed by atoms with E-state index in [9.17, 15) is 0 Å². The molecule has 0 aliphatic carbocycles. The first kappa shape index (κ1) is 9.65. The number of nitrogens with zero attached hydrogens (tertiary/aromatic N) is 4. The number of nitrogens with one attached hydrogen (secondary N) is 1. The highest BCUT2D eigenvalue weighted by Gasteiger charge is 2.09. The number of hydrogen-bond acceptors (Lipinski definition) is 4. The zero-order chi connectivity index (χ0) is 11.5. The molecule has 0 atom stereocenters.